The Morgan fingerprint density at radius 2 is 2.10 bits per heavy atom. The number of carbonyl (C=O) groups is 1. The van der Waals surface area contributed by atoms with Crippen LogP contribution < -0.4 is 0 Å². The summed E-state index contributed by atoms with van der Waals surface area (Å²) in [4.78, 5) is 15.9. The molecule has 0 aliphatic carbocycles. The van der Waals surface area contributed by atoms with Gasteiger partial charge in [0.15, 0.2) is 5.76 Å². The molecule has 0 spiro atoms. The highest BCUT2D eigenvalue weighted by Crippen LogP contribution is 2.28. The third-order valence-corrected chi connectivity index (χ3v) is 2.89. The number of fused-ring (bicyclic) bond motifs is 1. The van der Waals surface area contributed by atoms with Crippen LogP contribution in [0.1, 0.15) is 23.2 Å². The van der Waals surface area contributed by atoms with E-state index in [2.05, 4.69) is 4.98 Å². The first-order valence-electron chi connectivity index (χ1n) is 6.32. The van der Waals surface area contributed by atoms with E-state index < -0.39 is 5.97 Å². The summed E-state index contributed by atoms with van der Waals surface area (Å²) in [5.41, 5.74) is 1.23. The second kappa shape index (κ2) is 4.85. The van der Waals surface area contributed by atoms with Gasteiger partial charge in [-0.05, 0) is 26.0 Å². The van der Waals surface area contributed by atoms with Crippen LogP contribution in [-0.2, 0) is 4.74 Å². The van der Waals surface area contributed by atoms with Crippen molar-refractivity contribution in [2.24, 2.45) is 0 Å². The lowest BCUT2D eigenvalue weighted by Crippen LogP contribution is -2.04. The number of esters is 1. The van der Waals surface area contributed by atoms with Crippen LogP contribution in [0.15, 0.2) is 39.2 Å². The van der Waals surface area contributed by atoms with Gasteiger partial charge in [-0.15, -0.1) is 0 Å². The van der Waals surface area contributed by atoms with Gasteiger partial charge in [0, 0.05) is 5.39 Å². The Balaban J connectivity index is 2.02. The number of furan rings is 1. The van der Waals surface area contributed by atoms with Crippen LogP contribution in [-0.4, -0.2) is 17.6 Å². The molecule has 0 unspecified atom stereocenters. The molecule has 5 heteroatoms. The normalized spacial score (nSPS) is 10.9. The van der Waals surface area contributed by atoms with Crippen molar-refractivity contribution in [2.75, 3.05) is 6.61 Å². The van der Waals surface area contributed by atoms with Gasteiger partial charge < -0.3 is 13.6 Å². The topological polar surface area (TPSA) is 65.5 Å². The second-order valence-corrected chi connectivity index (χ2v) is 4.30. The monoisotopic (exact) mass is 271 g/mol. The maximum atomic E-state index is 11.7. The first-order chi connectivity index (χ1) is 9.69. The summed E-state index contributed by atoms with van der Waals surface area (Å²) in [5.74, 6) is 0.369. The first kappa shape index (κ1) is 12.5. The molecule has 0 radical (unpaired) electrons. The van der Waals surface area contributed by atoms with Crippen molar-refractivity contribution < 1.29 is 18.4 Å². The molecule has 0 fully saturated rings. The van der Waals surface area contributed by atoms with E-state index in [0.29, 0.717) is 18.1 Å². The number of benzene rings is 1. The third-order valence-electron chi connectivity index (χ3n) is 2.89. The van der Waals surface area contributed by atoms with E-state index in [1.54, 1.807) is 13.8 Å². The average Bonchev–Trinajstić information content (AvgIpc) is 3.02. The van der Waals surface area contributed by atoms with Gasteiger partial charge in [0.2, 0.25) is 5.76 Å². The predicted octanol–water partition coefficient (Wildman–Crippen LogP) is 3.57. The van der Waals surface area contributed by atoms with Gasteiger partial charge in [0.25, 0.3) is 5.89 Å². The summed E-state index contributed by atoms with van der Waals surface area (Å²) in [6.45, 7) is 3.73. The van der Waals surface area contributed by atoms with Gasteiger partial charge >= 0.3 is 5.97 Å². The number of ether oxygens (including phenoxy) is 1. The summed E-state index contributed by atoms with van der Waals surface area (Å²) < 4.78 is 16.0. The van der Waals surface area contributed by atoms with E-state index in [-0.39, 0.29) is 11.7 Å². The van der Waals surface area contributed by atoms with Crippen molar-refractivity contribution in [3.63, 3.8) is 0 Å². The molecular formula is C15H13NO4. The van der Waals surface area contributed by atoms with Gasteiger partial charge in [-0.25, -0.2) is 9.78 Å². The van der Waals surface area contributed by atoms with Gasteiger partial charge in [-0.2, -0.15) is 0 Å². The molecule has 20 heavy (non-hydrogen) atoms. The van der Waals surface area contributed by atoms with Crippen LogP contribution in [0.3, 0.4) is 0 Å². The van der Waals surface area contributed by atoms with Crippen LogP contribution in [0.5, 0.6) is 0 Å². The Hall–Kier alpha value is -2.56. The lowest BCUT2D eigenvalue weighted by Gasteiger charge is -1.96. The van der Waals surface area contributed by atoms with E-state index in [1.165, 1.54) is 0 Å². The molecule has 3 rings (SSSR count). The Morgan fingerprint density at radius 3 is 2.85 bits per heavy atom. The minimum absolute atomic E-state index is 0.113. The lowest BCUT2D eigenvalue weighted by atomic mass is 10.2. The summed E-state index contributed by atoms with van der Waals surface area (Å²) >= 11 is 0. The zero-order chi connectivity index (χ0) is 14.1. The molecule has 0 saturated heterocycles. The molecule has 3 aromatic rings. The van der Waals surface area contributed by atoms with E-state index in [4.69, 9.17) is 13.6 Å². The fourth-order valence-corrected chi connectivity index (χ4v) is 1.98. The largest absolute Gasteiger partial charge is 0.460 e. The highest BCUT2D eigenvalue weighted by Gasteiger charge is 2.21. The zero-order valence-electron chi connectivity index (χ0n) is 11.2. The molecular weight excluding hydrogens is 258 g/mol. The van der Waals surface area contributed by atoms with Crippen LogP contribution >= 0.6 is 0 Å². The number of aryl methyl sites for hydroxylation is 1. The Bertz CT molecular complexity index is 736. The SMILES string of the molecule is CCOC(=O)c1oc(-c2cc3ccccc3o2)nc1C. The molecule has 0 saturated carbocycles. The standard InChI is InChI=1S/C15H13NO4/c1-3-18-15(17)13-9(2)16-14(20-13)12-8-10-6-4-5-7-11(10)19-12/h4-8H,3H2,1-2H3. The summed E-state index contributed by atoms with van der Waals surface area (Å²) in [6, 6.07) is 9.44. The van der Waals surface area contributed by atoms with Gasteiger partial charge in [0.1, 0.15) is 5.58 Å². The first-order valence-corrected chi connectivity index (χ1v) is 6.32. The summed E-state index contributed by atoms with van der Waals surface area (Å²) in [5, 5.41) is 0.955. The van der Waals surface area contributed by atoms with Crippen molar-refractivity contribution in [1.29, 1.82) is 0 Å². The molecule has 2 heterocycles. The van der Waals surface area contributed by atoms with Crippen LogP contribution in [0.25, 0.3) is 22.6 Å². The van der Waals surface area contributed by atoms with Crippen molar-refractivity contribution in [3.05, 3.63) is 41.8 Å². The van der Waals surface area contributed by atoms with Gasteiger partial charge in [-0.1, -0.05) is 18.2 Å². The quantitative estimate of drug-likeness (QED) is 0.681. The highest BCUT2D eigenvalue weighted by atomic mass is 16.5. The maximum Gasteiger partial charge on any atom is 0.376 e. The number of oxazole rings is 1. The average molecular weight is 271 g/mol. The van der Waals surface area contributed by atoms with Gasteiger partial charge in [-0.3, -0.25) is 0 Å². The summed E-state index contributed by atoms with van der Waals surface area (Å²) in [7, 11) is 0. The molecule has 0 N–H and O–H groups in total. The third kappa shape index (κ3) is 2.07. The molecule has 102 valence electrons. The Kier molecular flexibility index (Phi) is 3.02. The number of hydrogen-bond acceptors (Lipinski definition) is 5. The number of para-hydroxylation sites is 1. The molecule has 2 aromatic heterocycles. The Morgan fingerprint density at radius 1 is 1.30 bits per heavy atom. The van der Waals surface area contributed by atoms with Crippen molar-refractivity contribution in [3.8, 4) is 11.7 Å². The Labute approximate surface area is 115 Å². The predicted molar refractivity (Wildman–Crippen MR) is 72.4 cm³/mol. The van der Waals surface area contributed by atoms with E-state index in [9.17, 15) is 4.79 Å². The van der Waals surface area contributed by atoms with Crippen molar-refractivity contribution >= 4 is 16.9 Å². The molecule has 0 aliphatic heterocycles. The smallest absolute Gasteiger partial charge is 0.376 e. The van der Waals surface area contributed by atoms with Crippen LogP contribution in [0.4, 0.5) is 0 Å². The van der Waals surface area contributed by atoms with Gasteiger partial charge in [0.05, 0.1) is 12.3 Å². The second-order valence-electron chi connectivity index (χ2n) is 4.30. The van der Waals surface area contributed by atoms with E-state index in [0.717, 1.165) is 11.0 Å². The minimum Gasteiger partial charge on any atom is -0.460 e. The lowest BCUT2D eigenvalue weighted by molar-refractivity contribution is 0.0490. The number of rotatable bonds is 3. The molecule has 0 aliphatic rings. The summed E-state index contributed by atoms with van der Waals surface area (Å²) in [6.07, 6.45) is 0. The molecule has 0 amide bonds. The van der Waals surface area contributed by atoms with Crippen LogP contribution in [0.2, 0.25) is 0 Å². The van der Waals surface area contributed by atoms with E-state index in [1.807, 2.05) is 30.3 Å². The zero-order valence-corrected chi connectivity index (χ0v) is 11.2. The molecule has 5 nitrogen and oxygen atoms in total. The van der Waals surface area contributed by atoms with Crippen LogP contribution in [0, 0.1) is 6.92 Å². The minimum atomic E-state index is -0.514. The maximum absolute atomic E-state index is 11.7. The highest BCUT2D eigenvalue weighted by molar-refractivity contribution is 5.88. The number of aromatic nitrogens is 1. The van der Waals surface area contributed by atoms with Crippen molar-refractivity contribution in [1.82, 2.24) is 4.98 Å². The number of carbonyl (C=O) groups excluding carboxylic acids is 1. The molecule has 1 aromatic carbocycles. The fraction of sp³-hybridized carbons (Fsp3) is 0.200. The fourth-order valence-electron chi connectivity index (χ4n) is 1.98. The van der Waals surface area contributed by atoms with E-state index >= 15 is 0 Å². The number of hydrogen-bond donors (Lipinski definition) is 0. The van der Waals surface area contributed by atoms with Crippen molar-refractivity contribution in [2.45, 2.75) is 13.8 Å². The molecule has 0 atom stereocenters. The molecule has 0 bridgehead atoms. The number of nitrogens with zero attached hydrogens (tertiary/aromatic N) is 1.